The lowest BCUT2D eigenvalue weighted by molar-refractivity contribution is 0.0779. The zero-order chi connectivity index (χ0) is 18.1. The molecule has 2 rings (SSSR count). The third-order valence-electron chi connectivity index (χ3n) is 4.81. The van der Waals surface area contributed by atoms with Crippen molar-refractivity contribution in [3.05, 3.63) is 18.2 Å². The van der Waals surface area contributed by atoms with Crippen LogP contribution in [0.2, 0.25) is 0 Å². The molecule has 0 atom stereocenters. The number of nitrogens with zero attached hydrogens (tertiary/aromatic N) is 1. The summed E-state index contributed by atoms with van der Waals surface area (Å²) < 4.78 is 15.9. The second kappa shape index (κ2) is 11.5. The molecule has 0 bridgehead atoms. The van der Waals surface area contributed by atoms with Gasteiger partial charge < -0.3 is 24.8 Å². The van der Waals surface area contributed by atoms with Gasteiger partial charge in [-0.25, -0.2) is 0 Å². The van der Waals surface area contributed by atoms with E-state index in [2.05, 4.69) is 17.6 Å². The number of halogens is 1. The fourth-order valence-corrected chi connectivity index (χ4v) is 3.09. The third-order valence-corrected chi connectivity index (χ3v) is 4.81. The highest BCUT2D eigenvalue weighted by Gasteiger charge is 2.36. The number of hydrogen-bond donors (Lipinski definition) is 2. The number of ether oxygens (including phenoxy) is 3. The Hall–Kier alpha value is -1.22. The Morgan fingerprint density at radius 1 is 1.15 bits per heavy atom. The van der Waals surface area contributed by atoms with Crippen molar-refractivity contribution in [2.45, 2.75) is 32.6 Å². The van der Waals surface area contributed by atoms with Crippen molar-refractivity contribution >= 4 is 35.6 Å². The summed E-state index contributed by atoms with van der Waals surface area (Å²) in [6.07, 6.45) is 4.83. The smallest absolute Gasteiger partial charge is 0.195 e. The first kappa shape index (κ1) is 22.8. The number of benzene rings is 1. The van der Waals surface area contributed by atoms with Gasteiger partial charge in [0, 0.05) is 38.6 Å². The highest BCUT2D eigenvalue weighted by molar-refractivity contribution is 14.0. The van der Waals surface area contributed by atoms with Crippen molar-refractivity contribution in [1.29, 1.82) is 0 Å². The van der Waals surface area contributed by atoms with Gasteiger partial charge in [-0.1, -0.05) is 6.42 Å². The van der Waals surface area contributed by atoms with Crippen molar-refractivity contribution in [1.82, 2.24) is 5.32 Å². The van der Waals surface area contributed by atoms with Crippen molar-refractivity contribution in [2.75, 3.05) is 46.3 Å². The van der Waals surface area contributed by atoms with Crippen LogP contribution in [0, 0.1) is 5.41 Å². The van der Waals surface area contributed by atoms with Gasteiger partial charge in [-0.05, 0) is 43.7 Å². The normalized spacial score (nSPS) is 15.5. The van der Waals surface area contributed by atoms with Crippen LogP contribution in [0.15, 0.2) is 23.2 Å². The standard InChI is InChI=1S/C19H31N3O3.HI/c1-5-20-18(21-14-19(9-6-10-19)11-12-23-2)22-15-7-8-16(24-3)17(13-15)25-4;/h7-8,13H,5-6,9-12,14H2,1-4H3,(H2,20,21,22);1H. The molecular formula is C19H32IN3O3. The first-order valence-corrected chi connectivity index (χ1v) is 8.92. The topological polar surface area (TPSA) is 64.1 Å². The van der Waals surface area contributed by atoms with Crippen LogP contribution in [0.4, 0.5) is 5.69 Å². The second-order valence-corrected chi connectivity index (χ2v) is 6.49. The summed E-state index contributed by atoms with van der Waals surface area (Å²) in [5, 5.41) is 6.66. The van der Waals surface area contributed by atoms with Gasteiger partial charge in [-0.3, -0.25) is 4.99 Å². The maximum atomic E-state index is 5.36. The van der Waals surface area contributed by atoms with E-state index in [1.54, 1.807) is 21.3 Å². The molecule has 1 saturated carbocycles. The largest absolute Gasteiger partial charge is 0.493 e. The molecule has 7 heteroatoms. The zero-order valence-corrected chi connectivity index (χ0v) is 18.6. The summed E-state index contributed by atoms with van der Waals surface area (Å²) in [5.41, 5.74) is 1.22. The molecule has 1 aromatic rings. The van der Waals surface area contributed by atoms with Crippen LogP contribution < -0.4 is 20.1 Å². The highest BCUT2D eigenvalue weighted by atomic mass is 127. The van der Waals surface area contributed by atoms with Crippen LogP contribution in [0.1, 0.15) is 32.6 Å². The number of guanidine groups is 1. The van der Waals surface area contributed by atoms with Crippen LogP contribution in [-0.2, 0) is 4.74 Å². The lowest BCUT2D eigenvalue weighted by Gasteiger charge is -2.40. The number of aliphatic imine (C=N–C) groups is 1. The van der Waals surface area contributed by atoms with E-state index in [0.29, 0.717) is 16.9 Å². The minimum atomic E-state index is 0. The number of methoxy groups -OCH3 is 3. The Morgan fingerprint density at radius 3 is 2.42 bits per heavy atom. The summed E-state index contributed by atoms with van der Waals surface area (Å²) in [6.45, 7) is 4.49. The van der Waals surface area contributed by atoms with E-state index in [1.807, 2.05) is 18.2 Å². The van der Waals surface area contributed by atoms with Crippen molar-refractivity contribution in [2.24, 2.45) is 10.4 Å². The molecule has 1 aliphatic rings. The van der Waals surface area contributed by atoms with Crippen LogP contribution in [-0.4, -0.2) is 47.0 Å². The predicted molar refractivity (Wildman–Crippen MR) is 117 cm³/mol. The molecule has 0 radical (unpaired) electrons. The molecule has 6 nitrogen and oxygen atoms in total. The van der Waals surface area contributed by atoms with Gasteiger partial charge in [0.2, 0.25) is 0 Å². The Morgan fingerprint density at radius 2 is 1.88 bits per heavy atom. The van der Waals surface area contributed by atoms with E-state index in [1.165, 1.54) is 19.3 Å². The summed E-state index contributed by atoms with van der Waals surface area (Å²) in [4.78, 5) is 4.82. The summed E-state index contributed by atoms with van der Waals surface area (Å²) in [5.74, 6) is 2.19. The molecule has 0 aromatic heterocycles. The van der Waals surface area contributed by atoms with Gasteiger partial charge in [-0.15, -0.1) is 24.0 Å². The average molecular weight is 477 g/mol. The van der Waals surface area contributed by atoms with E-state index in [9.17, 15) is 0 Å². The molecule has 1 aromatic carbocycles. The van der Waals surface area contributed by atoms with Crippen molar-refractivity contribution in [3.8, 4) is 11.5 Å². The molecule has 0 aliphatic heterocycles. The Labute approximate surface area is 174 Å². The monoisotopic (exact) mass is 477 g/mol. The summed E-state index contributed by atoms with van der Waals surface area (Å²) in [7, 11) is 5.03. The van der Waals surface area contributed by atoms with Gasteiger partial charge in [-0.2, -0.15) is 0 Å². The van der Waals surface area contributed by atoms with Gasteiger partial charge in [0.25, 0.3) is 0 Å². The minimum absolute atomic E-state index is 0. The minimum Gasteiger partial charge on any atom is -0.493 e. The Bertz CT molecular complexity index is 577. The average Bonchev–Trinajstić information content (AvgIpc) is 2.60. The molecule has 1 fully saturated rings. The quantitative estimate of drug-likeness (QED) is 0.321. The molecule has 0 spiro atoms. The van der Waals surface area contributed by atoms with Crippen LogP contribution in [0.3, 0.4) is 0 Å². The van der Waals surface area contributed by atoms with Crippen LogP contribution in [0.25, 0.3) is 0 Å². The molecular weight excluding hydrogens is 445 g/mol. The molecule has 2 N–H and O–H groups in total. The van der Waals surface area contributed by atoms with Gasteiger partial charge in [0.1, 0.15) is 0 Å². The molecule has 26 heavy (non-hydrogen) atoms. The number of anilines is 1. The zero-order valence-electron chi connectivity index (χ0n) is 16.3. The van der Waals surface area contributed by atoms with Crippen LogP contribution in [0.5, 0.6) is 11.5 Å². The van der Waals surface area contributed by atoms with E-state index in [4.69, 9.17) is 19.2 Å². The fraction of sp³-hybridized carbons (Fsp3) is 0.632. The summed E-state index contributed by atoms with van der Waals surface area (Å²) in [6, 6.07) is 5.75. The highest BCUT2D eigenvalue weighted by Crippen LogP contribution is 2.44. The van der Waals surface area contributed by atoms with Crippen molar-refractivity contribution in [3.63, 3.8) is 0 Å². The van der Waals surface area contributed by atoms with E-state index in [0.717, 1.165) is 37.8 Å². The fourth-order valence-electron chi connectivity index (χ4n) is 3.09. The Kier molecular flexibility index (Phi) is 10.1. The number of hydrogen-bond acceptors (Lipinski definition) is 4. The molecule has 0 amide bonds. The van der Waals surface area contributed by atoms with Gasteiger partial charge in [0.15, 0.2) is 17.5 Å². The lowest BCUT2D eigenvalue weighted by Crippen LogP contribution is -2.37. The lowest BCUT2D eigenvalue weighted by atomic mass is 9.67. The Balaban J connectivity index is 0.00000338. The molecule has 148 valence electrons. The third kappa shape index (κ3) is 6.19. The van der Waals surface area contributed by atoms with E-state index in [-0.39, 0.29) is 24.0 Å². The van der Waals surface area contributed by atoms with Gasteiger partial charge in [0.05, 0.1) is 14.2 Å². The first-order valence-electron chi connectivity index (χ1n) is 8.92. The maximum absolute atomic E-state index is 5.36. The van der Waals surface area contributed by atoms with Crippen molar-refractivity contribution < 1.29 is 14.2 Å². The number of nitrogens with one attached hydrogen (secondary N) is 2. The van der Waals surface area contributed by atoms with Gasteiger partial charge >= 0.3 is 0 Å². The summed E-state index contributed by atoms with van der Waals surface area (Å²) >= 11 is 0. The van der Waals surface area contributed by atoms with E-state index < -0.39 is 0 Å². The first-order chi connectivity index (χ1) is 12.2. The molecule has 0 saturated heterocycles. The van der Waals surface area contributed by atoms with Crippen LogP contribution >= 0.6 is 24.0 Å². The molecule has 0 heterocycles. The molecule has 1 aliphatic carbocycles. The maximum Gasteiger partial charge on any atom is 0.195 e. The predicted octanol–water partition coefficient (Wildman–Crippen LogP) is 3.91. The van der Waals surface area contributed by atoms with E-state index >= 15 is 0 Å². The second-order valence-electron chi connectivity index (χ2n) is 6.49. The number of rotatable bonds is 9. The SMILES string of the molecule is CCNC(=NCC1(CCOC)CCC1)Nc1ccc(OC)c(OC)c1.I. The molecule has 0 unspecified atom stereocenters.